The van der Waals surface area contributed by atoms with Crippen LogP contribution in [-0.2, 0) is 14.4 Å². The van der Waals surface area contributed by atoms with Gasteiger partial charge in [-0.25, -0.2) is 9.96 Å². The van der Waals surface area contributed by atoms with E-state index in [1.807, 2.05) is 63.2 Å². The number of imide groups is 1. The molecule has 6 nitrogen and oxygen atoms in total. The Morgan fingerprint density at radius 1 is 0.879 bits per heavy atom. The van der Waals surface area contributed by atoms with Crippen molar-refractivity contribution in [2.45, 2.75) is 32.9 Å². The summed E-state index contributed by atoms with van der Waals surface area (Å²) in [5.74, 6) is -0.550. The van der Waals surface area contributed by atoms with Crippen molar-refractivity contribution in [2.75, 3.05) is 16.6 Å². The maximum absolute atomic E-state index is 13.7. The van der Waals surface area contributed by atoms with E-state index in [1.54, 1.807) is 29.3 Å². The third kappa shape index (κ3) is 3.56. The van der Waals surface area contributed by atoms with Gasteiger partial charge < -0.3 is 4.74 Å². The third-order valence-electron chi connectivity index (χ3n) is 6.28. The quantitative estimate of drug-likeness (QED) is 0.534. The Morgan fingerprint density at radius 2 is 1.61 bits per heavy atom. The number of hydroxylamine groups is 1. The lowest BCUT2D eigenvalue weighted by Gasteiger charge is -2.29. The van der Waals surface area contributed by atoms with Crippen molar-refractivity contribution in [3.05, 3.63) is 89.5 Å². The lowest BCUT2D eigenvalue weighted by Crippen LogP contribution is -2.37. The minimum absolute atomic E-state index is 0.252. The Kier molecular flexibility index (Phi) is 5.38. The number of benzene rings is 3. The van der Waals surface area contributed by atoms with Crippen LogP contribution in [0, 0.1) is 19.8 Å². The molecule has 0 aromatic heterocycles. The van der Waals surface area contributed by atoms with Crippen molar-refractivity contribution >= 4 is 23.2 Å². The van der Waals surface area contributed by atoms with Crippen LogP contribution in [0.3, 0.4) is 0 Å². The van der Waals surface area contributed by atoms with Gasteiger partial charge in [0.05, 0.1) is 24.0 Å². The molecule has 168 valence electrons. The highest BCUT2D eigenvalue weighted by atomic mass is 16.7. The van der Waals surface area contributed by atoms with Crippen LogP contribution in [0.2, 0.25) is 0 Å². The topological polar surface area (TPSA) is 59.1 Å². The van der Waals surface area contributed by atoms with E-state index in [1.165, 1.54) is 4.90 Å². The van der Waals surface area contributed by atoms with Crippen LogP contribution in [0.15, 0.2) is 72.8 Å². The van der Waals surface area contributed by atoms with Gasteiger partial charge in [-0.2, -0.15) is 0 Å². The zero-order valence-electron chi connectivity index (χ0n) is 18.9. The van der Waals surface area contributed by atoms with E-state index in [2.05, 4.69) is 6.07 Å². The van der Waals surface area contributed by atoms with Crippen molar-refractivity contribution in [1.29, 1.82) is 0 Å². The van der Waals surface area contributed by atoms with Gasteiger partial charge >= 0.3 is 0 Å². The van der Waals surface area contributed by atoms with Crippen molar-refractivity contribution in [3.8, 4) is 5.75 Å². The summed E-state index contributed by atoms with van der Waals surface area (Å²) >= 11 is 0. The highest BCUT2D eigenvalue weighted by molar-refractivity contribution is 6.24. The second kappa shape index (κ2) is 8.37. The molecule has 2 aliphatic rings. The number of aryl methyl sites for hydroxylation is 2. The lowest BCUT2D eigenvalue weighted by atomic mass is 9.87. The van der Waals surface area contributed by atoms with Crippen LogP contribution < -0.4 is 14.7 Å². The number of hydrogen-bond acceptors (Lipinski definition) is 5. The second-order valence-electron chi connectivity index (χ2n) is 8.46. The van der Waals surface area contributed by atoms with Gasteiger partial charge in [0.15, 0.2) is 6.10 Å². The second-order valence-corrected chi connectivity index (χ2v) is 8.46. The minimum atomic E-state index is -0.880. The largest absolute Gasteiger partial charge is 0.494 e. The van der Waals surface area contributed by atoms with Crippen molar-refractivity contribution < 1.29 is 19.2 Å². The molecular weight excluding hydrogens is 416 g/mol. The van der Waals surface area contributed by atoms with E-state index in [9.17, 15) is 9.59 Å². The number of anilines is 2. The lowest BCUT2D eigenvalue weighted by molar-refractivity contribution is -0.126. The molecule has 6 heteroatoms. The molecule has 2 fully saturated rings. The molecule has 3 unspecified atom stereocenters. The SMILES string of the molecule is CCOc1ccc(N2C(=O)C3ON(c4ccccc4)C(c4ccc(C)cc4C)C3C2=O)cc1. The standard InChI is InChI=1S/C27H26N2O4/c1-4-32-21-13-11-19(12-14-21)28-26(30)23-24(22-15-10-17(2)16-18(22)3)29(33-25(23)27(28)31)20-8-6-5-7-9-20/h5-16,23-25H,4H2,1-3H3. The monoisotopic (exact) mass is 442 g/mol. The van der Waals surface area contributed by atoms with Crippen molar-refractivity contribution in [2.24, 2.45) is 5.92 Å². The van der Waals surface area contributed by atoms with Gasteiger partial charge in [-0.3, -0.25) is 14.4 Å². The molecule has 0 bridgehead atoms. The van der Waals surface area contributed by atoms with Crippen molar-refractivity contribution in [1.82, 2.24) is 0 Å². The Labute approximate surface area is 193 Å². The van der Waals surface area contributed by atoms with Crippen LogP contribution in [-0.4, -0.2) is 24.5 Å². The average Bonchev–Trinajstić information content (AvgIpc) is 3.31. The van der Waals surface area contributed by atoms with Crippen molar-refractivity contribution in [3.63, 3.8) is 0 Å². The molecule has 0 spiro atoms. The first-order valence-corrected chi connectivity index (χ1v) is 11.2. The van der Waals surface area contributed by atoms with Gasteiger partial charge in [-0.15, -0.1) is 0 Å². The summed E-state index contributed by atoms with van der Waals surface area (Å²) in [5, 5.41) is 1.73. The van der Waals surface area contributed by atoms with Crippen LogP contribution in [0.4, 0.5) is 11.4 Å². The zero-order valence-corrected chi connectivity index (χ0v) is 18.9. The Balaban J connectivity index is 1.55. The number of para-hydroxylation sites is 1. The molecule has 0 N–H and O–H groups in total. The summed E-state index contributed by atoms with van der Waals surface area (Å²) in [5.41, 5.74) is 4.52. The first kappa shape index (κ1) is 21.2. The highest BCUT2D eigenvalue weighted by Gasteiger charge is 2.60. The van der Waals surface area contributed by atoms with Gasteiger partial charge in [0.1, 0.15) is 11.7 Å². The average molecular weight is 443 g/mol. The Hall–Kier alpha value is -3.64. The number of rotatable bonds is 5. The molecule has 3 atom stereocenters. The summed E-state index contributed by atoms with van der Waals surface area (Å²) < 4.78 is 5.49. The smallest absolute Gasteiger partial charge is 0.266 e. The van der Waals surface area contributed by atoms with Gasteiger partial charge in [-0.05, 0) is 68.3 Å². The fourth-order valence-electron chi connectivity index (χ4n) is 4.80. The molecule has 2 heterocycles. The van der Waals surface area contributed by atoms with E-state index in [-0.39, 0.29) is 11.8 Å². The molecule has 0 saturated carbocycles. The van der Waals surface area contributed by atoms with Crippen LogP contribution in [0.1, 0.15) is 29.7 Å². The van der Waals surface area contributed by atoms with Crippen LogP contribution in [0.25, 0.3) is 0 Å². The predicted molar refractivity (Wildman–Crippen MR) is 126 cm³/mol. The normalized spacial score (nSPS) is 22.1. The first-order chi connectivity index (χ1) is 16.0. The summed E-state index contributed by atoms with van der Waals surface area (Å²) in [6.45, 7) is 6.53. The molecule has 2 saturated heterocycles. The summed E-state index contributed by atoms with van der Waals surface area (Å²) in [7, 11) is 0. The number of hydrogen-bond donors (Lipinski definition) is 0. The zero-order chi connectivity index (χ0) is 23.1. The summed E-state index contributed by atoms with van der Waals surface area (Å²) in [6, 6.07) is 22.4. The maximum Gasteiger partial charge on any atom is 0.266 e. The molecule has 3 aromatic carbocycles. The van der Waals surface area contributed by atoms with Crippen LogP contribution in [0.5, 0.6) is 5.75 Å². The maximum atomic E-state index is 13.7. The third-order valence-corrected chi connectivity index (χ3v) is 6.28. The highest BCUT2D eigenvalue weighted by Crippen LogP contribution is 2.48. The van der Waals surface area contributed by atoms with Gasteiger partial charge in [0.25, 0.3) is 5.91 Å². The number of amides is 2. The number of carbonyl (C=O) groups is 2. The molecule has 0 radical (unpaired) electrons. The minimum Gasteiger partial charge on any atom is -0.494 e. The van der Waals surface area contributed by atoms with E-state index in [4.69, 9.17) is 9.57 Å². The molecule has 0 aliphatic carbocycles. The molecule has 5 rings (SSSR count). The Morgan fingerprint density at radius 3 is 2.27 bits per heavy atom. The van der Waals surface area contributed by atoms with E-state index in [0.717, 1.165) is 22.4 Å². The number of nitrogens with zero attached hydrogens (tertiary/aromatic N) is 2. The number of fused-ring (bicyclic) bond motifs is 1. The predicted octanol–water partition coefficient (Wildman–Crippen LogP) is 4.75. The summed E-state index contributed by atoms with van der Waals surface area (Å²) in [4.78, 5) is 34.6. The molecule has 2 aliphatic heterocycles. The fourth-order valence-corrected chi connectivity index (χ4v) is 4.80. The summed E-state index contributed by atoms with van der Waals surface area (Å²) in [6.07, 6.45) is -0.880. The Bertz CT molecular complexity index is 1190. The molecule has 2 amide bonds. The van der Waals surface area contributed by atoms with Crippen LogP contribution >= 0.6 is 0 Å². The molecule has 3 aromatic rings. The van der Waals surface area contributed by atoms with E-state index in [0.29, 0.717) is 18.0 Å². The van der Waals surface area contributed by atoms with Gasteiger partial charge in [0.2, 0.25) is 5.91 Å². The number of carbonyl (C=O) groups excluding carboxylic acids is 2. The van der Waals surface area contributed by atoms with Gasteiger partial charge in [-0.1, -0.05) is 42.0 Å². The number of ether oxygens (including phenoxy) is 1. The fraction of sp³-hybridized carbons (Fsp3) is 0.259. The molecule has 33 heavy (non-hydrogen) atoms. The molecular formula is C27H26N2O4. The van der Waals surface area contributed by atoms with E-state index < -0.39 is 18.1 Å². The first-order valence-electron chi connectivity index (χ1n) is 11.2. The van der Waals surface area contributed by atoms with E-state index >= 15 is 0 Å². The van der Waals surface area contributed by atoms with Gasteiger partial charge in [0, 0.05) is 0 Å².